The smallest absolute Gasteiger partial charge is 0.258 e. The zero-order valence-corrected chi connectivity index (χ0v) is 6.40. The third-order valence-electron chi connectivity index (χ3n) is 1.56. The van der Waals surface area contributed by atoms with E-state index >= 15 is 0 Å². The highest BCUT2D eigenvalue weighted by Crippen LogP contribution is 2.19. The SMILES string of the molecule is O=C1Cc2sccc2C(=O)N1. The molecular formula is C7H5NO2S. The van der Waals surface area contributed by atoms with E-state index in [1.807, 2.05) is 5.38 Å². The summed E-state index contributed by atoms with van der Waals surface area (Å²) in [5, 5.41) is 4.07. The van der Waals surface area contributed by atoms with Crippen LogP contribution in [0, 0.1) is 0 Å². The summed E-state index contributed by atoms with van der Waals surface area (Å²) in [6.45, 7) is 0. The molecule has 0 aliphatic carbocycles. The Bertz CT molecular complexity index is 329. The lowest BCUT2D eigenvalue weighted by molar-refractivity contribution is -0.119. The average Bonchev–Trinajstić information content (AvgIpc) is 2.34. The van der Waals surface area contributed by atoms with E-state index in [2.05, 4.69) is 5.32 Å². The zero-order chi connectivity index (χ0) is 7.84. The van der Waals surface area contributed by atoms with E-state index in [9.17, 15) is 9.59 Å². The van der Waals surface area contributed by atoms with Crippen LogP contribution in [0.25, 0.3) is 0 Å². The molecule has 4 heteroatoms. The molecule has 0 radical (unpaired) electrons. The standard InChI is InChI=1S/C7H5NO2S/c9-6-3-5-4(1-2-11-5)7(10)8-6/h1-2H,3H2,(H,8,9,10). The molecule has 1 N–H and O–H groups in total. The molecule has 11 heavy (non-hydrogen) atoms. The number of imide groups is 1. The van der Waals surface area contributed by atoms with E-state index < -0.39 is 0 Å². The molecule has 0 atom stereocenters. The molecule has 2 heterocycles. The number of nitrogens with one attached hydrogen (secondary N) is 1. The minimum atomic E-state index is -0.266. The van der Waals surface area contributed by atoms with E-state index in [1.54, 1.807) is 6.07 Å². The molecule has 2 rings (SSSR count). The Labute approximate surface area is 67.0 Å². The first kappa shape index (κ1) is 6.54. The molecule has 1 aromatic heterocycles. The predicted molar refractivity (Wildman–Crippen MR) is 40.5 cm³/mol. The van der Waals surface area contributed by atoms with E-state index in [0.29, 0.717) is 12.0 Å². The number of rotatable bonds is 0. The molecule has 1 aromatic rings. The second-order valence-corrected chi connectivity index (χ2v) is 3.31. The fraction of sp³-hybridized carbons (Fsp3) is 0.143. The van der Waals surface area contributed by atoms with Crippen molar-refractivity contribution in [1.82, 2.24) is 5.32 Å². The Morgan fingerprint density at radius 2 is 2.27 bits per heavy atom. The minimum Gasteiger partial charge on any atom is -0.292 e. The molecule has 0 unspecified atom stereocenters. The first-order valence-corrected chi connectivity index (χ1v) is 4.06. The third kappa shape index (κ3) is 0.952. The van der Waals surface area contributed by atoms with Crippen LogP contribution in [0.5, 0.6) is 0 Å². The van der Waals surface area contributed by atoms with Gasteiger partial charge in [0.25, 0.3) is 5.91 Å². The van der Waals surface area contributed by atoms with Crippen molar-refractivity contribution in [3.05, 3.63) is 21.9 Å². The maximum absolute atomic E-state index is 11.0. The van der Waals surface area contributed by atoms with Crippen molar-refractivity contribution in [1.29, 1.82) is 0 Å². The fourth-order valence-electron chi connectivity index (χ4n) is 1.06. The van der Waals surface area contributed by atoms with Gasteiger partial charge < -0.3 is 0 Å². The average molecular weight is 167 g/mol. The Kier molecular flexibility index (Phi) is 1.29. The van der Waals surface area contributed by atoms with E-state index in [-0.39, 0.29) is 11.8 Å². The summed E-state index contributed by atoms with van der Waals surface area (Å²) < 4.78 is 0. The van der Waals surface area contributed by atoms with Crippen LogP contribution in [0.15, 0.2) is 11.4 Å². The minimum absolute atomic E-state index is 0.204. The number of thiophene rings is 1. The number of carbonyl (C=O) groups is 2. The van der Waals surface area contributed by atoms with Crippen LogP contribution in [0.2, 0.25) is 0 Å². The summed E-state index contributed by atoms with van der Waals surface area (Å²) in [4.78, 5) is 22.7. The van der Waals surface area contributed by atoms with Crippen molar-refractivity contribution >= 4 is 23.2 Å². The van der Waals surface area contributed by atoms with Crippen molar-refractivity contribution in [3.63, 3.8) is 0 Å². The van der Waals surface area contributed by atoms with Crippen molar-refractivity contribution in [3.8, 4) is 0 Å². The van der Waals surface area contributed by atoms with Gasteiger partial charge in [-0.1, -0.05) is 0 Å². The van der Waals surface area contributed by atoms with E-state index in [4.69, 9.17) is 0 Å². The van der Waals surface area contributed by atoms with Gasteiger partial charge in [-0.25, -0.2) is 0 Å². The van der Waals surface area contributed by atoms with Crippen LogP contribution in [-0.4, -0.2) is 11.8 Å². The van der Waals surface area contributed by atoms with Gasteiger partial charge in [0, 0.05) is 4.88 Å². The molecule has 0 saturated heterocycles. The van der Waals surface area contributed by atoms with Gasteiger partial charge in [-0.05, 0) is 11.4 Å². The number of hydrogen-bond acceptors (Lipinski definition) is 3. The van der Waals surface area contributed by atoms with Gasteiger partial charge in [0.05, 0.1) is 12.0 Å². The summed E-state index contributed by atoms with van der Waals surface area (Å²) in [6.07, 6.45) is 0.346. The Balaban J connectivity index is 2.52. The van der Waals surface area contributed by atoms with Crippen LogP contribution in [0.4, 0.5) is 0 Å². The molecule has 2 amide bonds. The fourth-order valence-corrected chi connectivity index (χ4v) is 1.93. The van der Waals surface area contributed by atoms with Gasteiger partial charge in [0.2, 0.25) is 5.91 Å². The molecule has 0 fully saturated rings. The van der Waals surface area contributed by atoms with Crippen molar-refractivity contribution < 1.29 is 9.59 Å². The van der Waals surface area contributed by atoms with Crippen LogP contribution in [0.3, 0.4) is 0 Å². The summed E-state index contributed by atoms with van der Waals surface area (Å²) in [7, 11) is 0. The molecule has 0 spiro atoms. The van der Waals surface area contributed by atoms with Gasteiger partial charge in [-0.3, -0.25) is 14.9 Å². The monoisotopic (exact) mass is 167 g/mol. The topological polar surface area (TPSA) is 46.2 Å². The molecule has 3 nitrogen and oxygen atoms in total. The normalized spacial score (nSPS) is 16.0. The highest BCUT2D eigenvalue weighted by molar-refractivity contribution is 7.10. The van der Waals surface area contributed by atoms with E-state index in [1.165, 1.54) is 11.3 Å². The molecule has 0 saturated carbocycles. The van der Waals surface area contributed by atoms with Crippen LogP contribution < -0.4 is 5.32 Å². The maximum Gasteiger partial charge on any atom is 0.258 e. The Morgan fingerprint density at radius 1 is 1.45 bits per heavy atom. The zero-order valence-electron chi connectivity index (χ0n) is 5.59. The van der Waals surface area contributed by atoms with Crippen molar-refractivity contribution in [2.24, 2.45) is 0 Å². The quantitative estimate of drug-likeness (QED) is 0.574. The number of carbonyl (C=O) groups excluding carboxylic acids is 2. The largest absolute Gasteiger partial charge is 0.292 e. The Hall–Kier alpha value is -1.16. The second-order valence-electron chi connectivity index (χ2n) is 2.31. The van der Waals surface area contributed by atoms with Crippen molar-refractivity contribution in [2.75, 3.05) is 0 Å². The number of amides is 2. The highest BCUT2D eigenvalue weighted by Gasteiger charge is 2.22. The van der Waals surface area contributed by atoms with Gasteiger partial charge in [0.15, 0.2) is 0 Å². The lowest BCUT2D eigenvalue weighted by Gasteiger charge is -2.09. The number of hydrogen-bond donors (Lipinski definition) is 1. The molecule has 0 bridgehead atoms. The second kappa shape index (κ2) is 2.17. The lowest BCUT2D eigenvalue weighted by Crippen LogP contribution is -2.36. The molecular weight excluding hydrogens is 162 g/mol. The summed E-state index contributed by atoms with van der Waals surface area (Å²) in [6, 6.07) is 1.74. The Morgan fingerprint density at radius 3 is 3.09 bits per heavy atom. The first-order valence-electron chi connectivity index (χ1n) is 3.18. The molecule has 1 aliphatic rings. The summed E-state index contributed by atoms with van der Waals surface area (Å²) in [5.41, 5.74) is 0.648. The van der Waals surface area contributed by atoms with Gasteiger partial charge in [-0.2, -0.15) is 0 Å². The summed E-state index contributed by atoms with van der Waals surface area (Å²) in [5.74, 6) is -0.470. The number of fused-ring (bicyclic) bond motifs is 1. The third-order valence-corrected chi connectivity index (χ3v) is 2.49. The lowest BCUT2D eigenvalue weighted by atomic mass is 10.1. The highest BCUT2D eigenvalue weighted by atomic mass is 32.1. The van der Waals surface area contributed by atoms with Crippen LogP contribution in [-0.2, 0) is 11.2 Å². The van der Waals surface area contributed by atoms with Crippen LogP contribution >= 0.6 is 11.3 Å². The molecule has 0 aromatic carbocycles. The molecule has 1 aliphatic heterocycles. The maximum atomic E-state index is 11.0. The van der Waals surface area contributed by atoms with Crippen LogP contribution in [0.1, 0.15) is 15.2 Å². The van der Waals surface area contributed by atoms with Gasteiger partial charge in [-0.15, -0.1) is 11.3 Å². The van der Waals surface area contributed by atoms with Crippen molar-refractivity contribution in [2.45, 2.75) is 6.42 Å². The summed E-state index contributed by atoms with van der Waals surface area (Å²) >= 11 is 1.45. The van der Waals surface area contributed by atoms with Gasteiger partial charge in [0.1, 0.15) is 0 Å². The van der Waals surface area contributed by atoms with E-state index in [0.717, 1.165) is 4.88 Å². The molecule has 56 valence electrons. The van der Waals surface area contributed by atoms with Gasteiger partial charge >= 0.3 is 0 Å². The first-order chi connectivity index (χ1) is 5.27. The predicted octanol–water partition coefficient (Wildman–Crippen LogP) is 0.561.